The second kappa shape index (κ2) is 3.70. The molecule has 2 N–H and O–H groups in total. The van der Waals surface area contributed by atoms with Gasteiger partial charge in [0.25, 0.3) is 0 Å². The summed E-state index contributed by atoms with van der Waals surface area (Å²) < 4.78 is 0. The van der Waals surface area contributed by atoms with E-state index >= 15 is 0 Å². The van der Waals surface area contributed by atoms with Gasteiger partial charge in [0.2, 0.25) is 0 Å². The van der Waals surface area contributed by atoms with Crippen LogP contribution in [0.2, 0.25) is 0 Å². The fourth-order valence-electron chi connectivity index (χ4n) is 4.70. The average molecular weight is 226 g/mol. The molecule has 0 radical (unpaired) electrons. The van der Waals surface area contributed by atoms with Gasteiger partial charge in [-0.05, 0) is 55.3 Å². The molecular weight excluding hydrogens is 208 g/mol. The summed E-state index contributed by atoms with van der Waals surface area (Å²) in [7, 11) is 0. The van der Waals surface area contributed by atoms with Crippen molar-refractivity contribution >= 4 is 5.97 Å². The predicted octanol–water partition coefficient (Wildman–Crippen LogP) is 1.86. The summed E-state index contributed by atoms with van der Waals surface area (Å²) in [6, 6.07) is 0. The first kappa shape index (κ1) is 10.5. The van der Waals surface area contributed by atoms with Crippen LogP contribution in [0.1, 0.15) is 25.7 Å². The number of rotatable bonds is 3. The maximum atomic E-state index is 11.0. The molecular formula is C12H18O4. The van der Waals surface area contributed by atoms with Crippen LogP contribution in [-0.2, 0) is 9.68 Å². The zero-order chi connectivity index (χ0) is 11.3. The van der Waals surface area contributed by atoms with Gasteiger partial charge in [-0.15, -0.1) is 0 Å². The van der Waals surface area contributed by atoms with Gasteiger partial charge < -0.3 is 5.11 Å². The molecule has 6 unspecified atom stereocenters. The highest BCUT2D eigenvalue weighted by Gasteiger charge is 2.56. The van der Waals surface area contributed by atoms with Gasteiger partial charge in [0.15, 0.2) is 0 Å². The van der Waals surface area contributed by atoms with E-state index in [1.807, 2.05) is 0 Å². The summed E-state index contributed by atoms with van der Waals surface area (Å²) in [5.74, 6) is 2.24. The topological polar surface area (TPSA) is 66.8 Å². The molecule has 3 aliphatic carbocycles. The van der Waals surface area contributed by atoms with E-state index in [0.717, 1.165) is 19.3 Å². The number of hydrogen-bond donors (Lipinski definition) is 2. The number of carbonyl (C=O) groups is 1. The van der Waals surface area contributed by atoms with Crippen LogP contribution in [0.15, 0.2) is 0 Å². The molecule has 3 rings (SSSR count). The highest BCUT2D eigenvalue weighted by Crippen LogP contribution is 2.62. The lowest BCUT2D eigenvalue weighted by molar-refractivity contribution is -0.254. The van der Waals surface area contributed by atoms with Crippen molar-refractivity contribution in [2.75, 3.05) is 6.61 Å². The minimum absolute atomic E-state index is 0.117. The minimum Gasteiger partial charge on any atom is -0.481 e. The van der Waals surface area contributed by atoms with Crippen molar-refractivity contribution in [3.8, 4) is 0 Å². The van der Waals surface area contributed by atoms with Crippen molar-refractivity contribution in [2.45, 2.75) is 25.7 Å². The predicted molar refractivity (Wildman–Crippen MR) is 55.6 cm³/mol. The molecule has 0 aromatic heterocycles. The summed E-state index contributed by atoms with van der Waals surface area (Å²) in [5, 5.41) is 17.6. The summed E-state index contributed by atoms with van der Waals surface area (Å²) in [4.78, 5) is 15.3. The molecule has 3 fully saturated rings. The van der Waals surface area contributed by atoms with Crippen LogP contribution < -0.4 is 0 Å². The summed E-state index contributed by atoms with van der Waals surface area (Å²) in [5.41, 5.74) is 0. The second-order valence-electron chi connectivity index (χ2n) is 5.79. The highest BCUT2D eigenvalue weighted by atomic mass is 17.1. The van der Waals surface area contributed by atoms with Crippen molar-refractivity contribution in [2.24, 2.45) is 35.5 Å². The minimum atomic E-state index is -0.622. The fourth-order valence-corrected chi connectivity index (χ4v) is 4.70. The van der Waals surface area contributed by atoms with Gasteiger partial charge in [0, 0.05) is 0 Å². The summed E-state index contributed by atoms with van der Waals surface area (Å²) in [6.07, 6.45) is 4.09. The van der Waals surface area contributed by atoms with Crippen molar-refractivity contribution in [1.82, 2.24) is 0 Å². The van der Waals surface area contributed by atoms with Gasteiger partial charge in [0.05, 0.1) is 12.5 Å². The fraction of sp³-hybridized carbons (Fsp3) is 0.917. The maximum absolute atomic E-state index is 11.0. The molecule has 0 aromatic rings. The molecule has 6 atom stereocenters. The first-order chi connectivity index (χ1) is 7.70. The first-order valence-electron chi connectivity index (χ1n) is 6.20. The molecule has 0 aliphatic heterocycles. The van der Waals surface area contributed by atoms with Crippen LogP contribution in [0.3, 0.4) is 0 Å². The molecule has 3 aliphatic rings. The van der Waals surface area contributed by atoms with Crippen LogP contribution in [0.25, 0.3) is 0 Å². The van der Waals surface area contributed by atoms with E-state index in [-0.39, 0.29) is 5.92 Å². The van der Waals surface area contributed by atoms with E-state index in [4.69, 9.17) is 10.4 Å². The van der Waals surface area contributed by atoms with Crippen molar-refractivity contribution in [3.63, 3.8) is 0 Å². The lowest BCUT2D eigenvalue weighted by Crippen LogP contribution is -2.27. The molecule has 4 nitrogen and oxygen atoms in total. The van der Waals surface area contributed by atoms with E-state index in [1.54, 1.807) is 0 Å². The molecule has 4 heteroatoms. The Morgan fingerprint density at radius 1 is 1.12 bits per heavy atom. The SMILES string of the molecule is O=C(O)C1CC2C3CC(COO)C(C3)C2C1. The van der Waals surface area contributed by atoms with E-state index < -0.39 is 5.97 Å². The maximum Gasteiger partial charge on any atom is 0.306 e. The molecule has 2 bridgehead atoms. The molecule has 0 saturated heterocycles. The van der Waals surface area contributed by atoms with E-state index in [0.29, 0.717) is 36.2 Å². The number of carboxylic acid groups (broad SMARTS) is 1. The molecule has 0 heterocycles. The zero-order valence-corrected chi connectivity index (χ0v) is 9.21. The second-order valence-corrected chi connectivity index (χ2v) is 5.79. The smallest absolute Gasteiger partial charge is 0.306 e. The normalized spacial score (nSPS) is 49.6. The van der Waals surface area contributed by atoms with Crippen molar-refractivity contribution in [1.29, 1.82) is 0 Å². The summed E-state index contributed by atoms with van der Waals surface area (Å²) >= 11 is 0. The molecule has 90 valence electrons. The lowest BCUT2D eigenvalue weighted by atomic mass is 9.76. The quantitative estimate of drug-likeness (QED) is 0.569. The van der Waals surface area contributed by atoms with E-state index in [9.17, 15) is 4.79 Å². The van der Waals surface area contributed by atoms with Gasteiger partial charge >= 0.3 is 5.97 Å². The Hall–Kier alpha value is -0.610. The first-order valence-corrected chi connectivity index (χ1v) is 6.20. The van der Waals surface area contributed by atoms with E-state index in [2.05, 4.69) is 4.89 Å². The molecule has 3 saturated carbocycles. The third-order valence-electron chi connectivity index (χ3n) is 5.24. The summed E-state index contributed by atoms with van der Waals surface area (Å²) in [6.45, 7) is 0.433. The number of carboxylic acids is 1. The Balaban J connectivity index is 1.71. The largest absolute Gasteiger partial charge is 0.481 e. The lowest BCUT2D eigenvalue weighted by Gasteiger charge is -2.30. The van der Waals surface area contributed by atoms with Crippen molar-refractivity contribution < 1.29 is 20.0 Å². The number of fused-ring (bicyclic) bond motifs is 5. The van der Waals surface area contributed by atoms with Crippen LogP contribution in [0.4, 0.5) is 0 Å². The van der Waals surface area contributed by atoms with Crippen LogP contribution in [0, 0.1) is 35.5 Å². The zero-order valence-electron chi connectivity index (χ0n) is 9.21. The Morgan fingerprint density at radius 2 is 1.88 bits per heavy atom. The molecule has 0 aromatic carbocycles. The van der Waals surface area contributed by atoms with Crippen LogP contribution >= 0.6 is 0 Å². The number of aliphatic carboxylic acids is 1. The Bertz CT molecular complexity index is 303. The molecule has 16 heavy (non-hydrogen) atoms. The Labute approximate surface area is 94.5 Å². The third kappa shape index (κ3) is 1.39. The highest BCUT2D eigenvalue weighted by molar-refractivity contribution is 5.70. The monoisotopic (exact) mass is 226 g/mol. The van der Waals surface area contributed by atoms with Gasteiger partial charge in [-0.3, -0.25) is 10.1 Å². The van der Waals surface area contributed by atoms with Crippen LogP contribution in [0.5, 0.6) is 0 Å². The Morgan fingerprint density at radius 3 is 2.56 bits per heavy atom. The van der Waals surface area contributed by atoms with Gasteiger partial charge in [-0.2, -0.15) is 0 Å². The van der Waals surface area contributed by atoms with Gasteiger partial charge in [0.1, 0.15) is 0 Å². The number of hydrogen-bond acceptors (Lipinski definition) is 3. The standard InChI is InChI=1S/C12H18O4/c13-12(14)7-3-9-6-1-8(5-16-15)10(2-6)11(9)4-7/h6-11,15H,1-5H2,(H,13,14). The molecule has 0 amide bonds. The third-order valence-corrected chi connectivity index (χ3v) is 5.24. The average Bonchev–Trinajstić information content (AvgIpc) is 2.85. The van der Waals surface area contributed by atoms with E-state index in [1.165, 1.54) is 6.42 Å². The van der Waals surface area contributed by atoms with Gasteiger partial charge in [-0.1, -0.05) is 0 Å². The molecule has 0 spiro atoms. The van der Waals surface area contributed by atoms with Gasteiger partial charge in [-0.25, -0.2) is 4.89 Å². The van der Waals surface area contributed by atoms with Crippen molar-refractivity contribution in [3.05, 3.63) is 0 Å². The van der Waals surface area contributed by atoms with Crippen LogP contribution in [-0.4, -0.2) is 22.9 Å². The Kier molecular flexibility index (Phi) is 2.44.